The molecule has 5 heteroatoms. The lowest BCUT2D eigenvalue weighted by molar-refractivity contribution is -0.123. The van der Waals surface area contributed by atoms with Gasteiger partial charge in [-0.15, -0.1) is 12.4 Å². The van der Waals surface area contributed by atoms with E-state index in [1.165, 1.54) is 32.1 Å². The van der Waals surface area contributed by atoms with Crippen LogP contribution in [0.4, 0.5) is 0 Å². The van der Waals surface area contributed by atoms with Crippen molar-refractivity contribution in [1.29, 1.82) is 0 Å². The number of likely N-dealkylation sites (N-methyl/N-ethyl adjacent to an activating group) is 1. The average molecular weight is 306 g/mol. The van der Waals surface area contributed by atoms with Crippen LogP contribution in [0.25, 0.3) is 0 Å². The van der Waals surface area contributed by atoms with E-state index in [9.17, 15) is 4.79 Å². The molecule has 1 saturated carbocycles. The van der Waals surface area contributed by atoms with Crippen molar-refractivity contribution in [3.63, 3.8) is 0 Å². The molecule has 1 rings (SSSR count). The van der Waals surface area contributed by atoms with Crippen molar-refractivity contribution in [2.75, 3.05) is 20.6 Å². The Balaban J connectivity index is 0.00000361. The highest BCUT2D eigenvalue weighted by atomic mass is 35.5. The fourth-order valence-electron chi connectivity index (χ4n) is 2.48. The molecular weight excluding hydrogens is 274 g/mol. The number of hydrogen-bond donors (Lipinski definition) is 2. The van der Waals surface area contributed by atoms with Crippen LogP contribution in [0.2, 0.25) is 0 Å². The van der Waals surface area contributed by atoms with Crippen LogP contribution in [0.15, 0.2) is 0 Å². The number of rotatable bonds is 6. The summed E-state index contributed by atoms with van der Waals surface area (Å²) in [6.07, 6.45) is 7.26. The number of nitrogens with zero attached hydrogens (tertiary/aromatic N) is 1. The van der Waals surface area contributed by atoms with E-state index in [1.54, 1.807) is 0 Å². The predicted octanol–water partition coefficient (Wildman–Crippen LogP) is 2.16. The summed E-state index contributed by atoms with van der Waals surface area (Å²) in [4.78, 5) is 14.1. The Hall–Kier alpha value is -0.320. The first-order valence-corrected chi connectivity index (χ1v) is 7.53. The molecule has 4 nitrogen and oxygen atoms in total. The Morgan fingerprint density at radius 1 is 1.30 bits per heavy atom. The fraction of sp³-hybridized carbons (Fsp3) is 0.933. The molecular formula is C15H32ClN3O. The zero-order chi connectivity index (χ0) is 14.5. The minimum absolute atomic E-state index is 0. The van der Waals surface area contributed by atoms with Crippen molar-refractivity contribution < 1.29 is 4.79 Å². The lowest BCUT2D eigenvalue weighted by Crippen LogP contribution is -2.51. The molecule has 1 unspecified atom stereocenters. The van der Waals surface area contributed by atoms with E-state index >= 15 is 0 Å². The van der Waals surface area contributed by atoms with Gasteiger partial charge in [0.15, 0.2) is 0 Å². The normalized spacial score (nSPS) is 18.5. The maximum absolute atomic E-state index is 12.0. The number of amides is 1. The molecule has 1 aliphatic carbocycles. The fourth-order valence-corrected chi connectivity index (χ4v) is 2.48. The molecule has 0 bridgehead atoms. The standard InChI is InChI=1S/C15H31N3O.ClH/c1-15(2,18(3)4)11-17-14(19)13(16)10-12-8-6-5-7-9-12;/h12-13H,5-11,16H2,1-4H3,(H,17,19);1H. The minimum atomic E-state index is -0.346. The van der Waals surface area contributed by atoms with Crippen LogP contribution < -0.4 is 11.1 Å². The number of carbonyl (C=O) groups excluding carboxylic acids is 1. The monoisotopic (exact) mass is 305 g/mol. The molecule has 1 atom stereocenters. The summed E-state index contributed by atoms with van der Waals surface area (Å²) in [6.45, 7) is 4.86. The van der Waals surface area contributed by atoms with E-state index in [1.807, 2.05) is 14.1 Å². The van der Waals surface area contributed by atoms with Crippen LogP contribution in [0.1, 0.15) is 52.4 Å². The van der Waals surface area contributed by atoms with E-state index in [0.29, 0.717) is 12.5 Å². The van der Waals surface area contributed by atoms with Crippen LogP contribution in [-0.4, -0.2) is 43.0 Å². The molecule has 0 aliphatic heterocycles. The Bertz CT molecular complexity index is 289. The first-order valence-electron chi connectivity index (χ1n) is 7.53. The van der Waals surface area contributed by atoms with Gasteiger partial charge in [0.05, 0.1) is 6.04 Å². The van der Waals surface area contributed by atoms with Gasteiger partial charge in [0.25, 0.3) is 0 Å². The quantitative estimate of drug-likeness (QED) is 0.790. The predicted molar refractivity (Wildman–Crippen MR) is 87.2 cm³/mol. The number of carbonyl (C=O) groups is 1. The molecule has 0 aromatic heterocycles. The largest absolute Gasteiger partial charge is 0.353 e. The highest BCUT2D eigenvalue weighted by Gasteiger charge is 2.24. The second-order valence-corrected chi connectivity index (χ2v) is 6.77. The van der Waals surface area contributed by atoms with Gasteiger partial charge >= 0.3 is 0 Å². The van der Waals surface area contributed by atoms with Gasteiger partial charge in [-0.3, -0.25) is 4.79 Å². The topological polar surface area (TPSA) is 58.4 Å². The van der Waals surface area contributed by atoms with Gasteiger partial charge in [-0.1, -0.05) is 32.1 Å². The van der Waals surface area contributed by atoms with Gasteiger partial charge in [0.2, 0.25) is 5.91 Å². The molecule has 0 radical (unpaired) electrons. The Morgan fingerprint density at radius 2 is 1.85 bits per heavy atom. The summed E-state index contributed by atoms with van der Waals surface area (Å²) >= 11 is 0. The molecule has 0 aromatic carbocycles. The van der Waals surface area contributed by atoms with Crippen molar-refractivity contribution in [1.82, 2.24) is 10.2 Å². The molecule has 20 heavy (non-hydrogen) atoms. The zero-order valence-electron chi connectivity index (χ0n) is 13.4. The van der Waals surface area contributed by atoms with E-state index in [2.05, 4.69) is 24.1 Å². The molecule has 1 amide bonds. The van der Waals surface area contributed by atoms with Crippen LogP contribution in [-0.2, 0) is 4.79 Å². The summed E-state index contributed by atoms with van der Waals surface area (Å²) in [5.41, 5.74) is 5.99. The maximum Gasteiger partial charge on any atom is 0.236 e. The number of halogens is 1. The zero-order valence-corrected chi connectivity index (χ0v) is 14.3. The molecule has 120 valence electrons. The van der Waals surface area contributed by atoms with Crippen molar-refractivity contribution in [3.8, 4) is 0 Å². The summed E-state index contributed by atoms with van der Waals surface area (Å²) in [6, 6.07) is -0.346. The van der Waals surface area contributed by atoms with Crippen molar-refractivity contribution in [2.45, 2.75) is 64.0 Å². The van der Waals surface area contributed by atoms with Gasteiger partial charge in [-0.25, -0.2) is 0 Å². The van der Waals surface area contributed by atoms with E-state index in [4.69, 9.17) is 5.73 Å². The van der Waals surface area contributed by atoms with Gasteiger partial charge in [-0.2, -0.15) is 0 Å². The van der Waals surface area contributed by atoms with Crippen molar-refractivity contribution >= 4 is 18.3 Å². The second kappa shape index (κ2) is 8.85. The third-order valence-corrected chi connectivity index (χ3v) is 4.55. The van der Waals surface area contributed by atoms with E-state index in [0.717, 1.165) is 6.42 Å². The summed E-state index contributed by atoms with van der Waals surface area (Å²) in [7, 11) is 4.04. The van der Waals surface area contributed by atoms with E-state index < -0.39 is 0 Å². The van der Waals surface area contributed by atoms with Gasteiger partial charge in [0, 0.05) is 12.1 Å². The van der Waals surface area contributed by atoms with Crippen LogP contribution >= 0.6 is 12.4 Å². The molecule has 0 saturated heterocycles. The third kappa shape index (κ3) is 6.42. The highest BCUT2D eigenvalue weighted by molar-refractivity contribution is 5.85. The second-order valence-electron chi connectivity index (χ2n) is 6.77. The average Bonchev–Trinajstić information content (AvgIpc) is 2.37. The molecule has 0 spiro atoms. The Morgan fingerprint density at radius 3 is 2.35 bits per heavy atom. The first kappa shape index (κ1) is 19.7. The number of nitrogens with one attached hydrogen (secondary N) is 1. The lowest BCUT2D eigenvalue weighted by Gasteiger charge is -2.33. The minimum Gasteiger partial charge on any atom is -0.353 e. The molecule has 3 N–H and O–H groups in total. The van der Waals surface area contributed by atoms with E-state index in [-0.39, 0.29) is 29.9 Å². The van der Waals surface area contributed by atoms with Gasteiger partial charge in [-0.05, 0) is 40.3 Å². The van der Waals surface area contributed by atoms with Gasteiger partial charge in [0.1, 0.15) is 0 Å². The smallest absolute Gasteiger partial charge is 0.236 e. The molecule has 0 heterocycles. The SMILES string of the molecule is CN(C)C(C)(C)CNC(=O)C(N)CC1CCCCC1.Cl. The Kier molecular flexibility index (Phi) is 8.71. The lowest BCUT2D eigenvalue weighted by atomic mass is 9.85. The van der Waals surface area contributed by atoms with Gasteiger partial charge < -0.3 is 16.0 Å². The van der Waals surface area contributed by atoms with Crippen LogP contribution in [0, 0.1) is 5.92 Å². The molecule has 1 aliphatic rings. The summed E-state index contributed by atoms with van der Waals surface area (Å²) < 4.78 is 0. The van der Waals surface area contributed by atoms with Crippen LogP contribution in [0.5, 0.6) is 0 Å². The third-order valence-electron chi connectivity index (χ3n) is 4.55. The number of nitrogens with two attached hydrogens (primary N) is 1. The number of hydrogen-bond acceptors (Lipinski definition) is 3. The molecule has 1 fully saturated rings. The summed E-state index contributed by atoms with van der Waals surface area (Å²) in [5, 5.41) is 2.99. The maximum atomic E-state index is 12.0. The first-order chi connectivity index (χ1) is 8.83. The van der Waals surface area contributed by atoms with Crippen LogP contribution in [0.3, 0.4) is 0 Å². The van der Waals surface area contributed by atoms with Crippen molar-refractivity contribution in [2.24, 2.45) is 11.7 Å². The highest BCUT2D eigenvalue weighted by Crippen LogP contribution is 2.26. The van der Waals surface area contributed by atoms with Crippen molar-refractivity contribution in [3.05, 3.63) is 0 Å². The Labute approximate surface area is 130 Å². The molecule has 0 aromatic rings. The summed E-state index contributed by atoms with van der Waals surface area (Å²) in [5.74, 6) is 0.650.